The average molecular weight is 355 g/mol. The van der Waals surface area contributed by atoms with Crippen molar-refractivity contribution in [3.63, 3.8) is 0 Å². The molecule has 1 aliphatic rings. The van der Waals surface area contributed by atoms with Crippen molar-refractivity contribution < 1.29 is 0 Å². The number of nitrogens with zero attached hydrogens (tertiary/aromatic N) is 2. The summed E-state index contributed by atoms with van der Waals surface area (Å²) in [4.78, 5) is 7.01. The molecule has 0 saturated carbocycles. The van der Waals surface area contributed by atoms with Gasteiger partial charge < -0.3 is 15.5 Å². The van der Waals surface area contributed by atoms with E-state index in [0.29, 0.717) is 11.2 Å². The van der Waals surface area contributed by atoms with Crippen LogP contribution >= 0.6 is 12.2 Å². The minimum absolute atomic E-state index is 0.155. The largest absolute Gasteiger partial charge is 0.356 e. The van der Waals surface area contributed by atoms with E-state index in [1.54, 1.807) is 0 Å². The number of anilines is 2. The van der Waals surface area contributed by atoms with Crippen molar-refractivity contribution in [2.75, 3.05) is 16.8 Å². The lowest BCUT2D eigenvalue weighted by molar-refractivity contribution is 0.481. The quantitative estimate of drug-likeness (QED) is 0.791. The zero-order valence-corrected chi connectivity index (χ0v) is 15.7. The lowest BCUT2D eigenvalue weighted by atomic mass is 10.0. The van der Waals surface area contributed by atoms with Crippen LogP contribution in [0.4, 0.5) is 11.5 Å². The molecular formula is C20H26N4S. The molecule has 3 rings (SSSR count). The third-order valence-electron chi connectivity index (χ3n) is 4.75. The van der Waals surface area contributed by atoms with Gasteiger partial charge in [-0.3, -0.25) is 0 Å². The first kappa shape index (κ1) is 17.7. The number of rotatable bonds is 4. The summed E-state index contributed by atoms with van der Waals surface area (Å²) in [7, 11) is 0. The van der Waals surface area contributed by atoms with Gasteiger partial charge in [0.25, 0.3) is 0 Å². The van der Waals surface area contributed by atoms with Crippen molar-refractivity contribution in [3.8, 4) is 0 Å². The number of benzene rings is 1. The summed E-state index contributed by atoms with van der Waals surface area (Å²) in [6, 6.07) is 15.1. The Bertz CT molecular complexity index is 687. The van der Waals surface area contributed by atoms with E-state index in [1.165, 1.54) is 24.8 Å². The second-order valence-corrected chi connectivity index (χ2v) is 7.08. The Morgan fingerprint density at radius 3 is 2.68 bits per heavy atom. The molecular weight excluding hydrogens is 328 g/mol. The predicted octanol–water partition coefficient (Wildman–Crippen LogP) is 4.51. The Kier molecular flexibility index (Phi) is 5.87. The number of hydrogen-bond acceptors (Lipinski definition) is 3. The molecule has 2 heterocycles. The average Bonchev–Trinajstić information content (AvgIpc) is 2.63. The maximum Gasteiger partial charge on any atom is 0.171 e. The highest BCUT2D eigenvalue weighted by molar-refractivity contribution is 7.80. The molecule has 0 unspecified atom stereocenters. The van der Waals surface area contributed by atoms with Gasteiger partial charge in [-0.1, -0.05) is 30.3 Å². The van der Waals surface area contributed by atoms with Crippen molar-refractivity contribution in [3.05, 3.63) is 54.2 Å². The summed E-state index contributed by atoms with van der Waals surface area (Å²) in [6.07, 6.45) is 5.67. The molecule has 0 bridgehead atoms. The molecule has 1 saturated heterocycles. The Balaban J connectivity index is 1.56. The number of aromatic nitrogens is 1. The monoisotopic (exact) mass is 354 g/mol. The van der Waals surface area contributed by atoms with Crippen LogP contribution in [0.15, 0.2) is 48.7 Å². The van der Waals surface area contributed by atoms with Gasteiger partial charge in [-0.05, 0) is 63.0 Å². The second-order valence-electron chi connectivity index (χ2n) is 6.67. The van der Waals surface area contributed by atoms with E-state index in [1.807, 2.05) is 30.5 Å². The standard InChI is InChI=1S/C20H26N4S/c1-15-8-6-7-13-24(15)19-12-11-18(14-21-19)23-20(25)22-16(2)17-9-4-3-5-10-17/h3-5,9-12,14-16H,6-8,13H2,1-2H3,(H2,22,23,25)/t15-,16-/m0/s1. The number of piperidine rings is 1. The van der Waals surface area contributed by atoms with Gasteiger partial charge in [0, 0.05) is 12.6 Å². The molecule has 2 aromatic rings. The van der Waals surface area contributed by atoms with Gasteiger partial charge in [-0.15, -0.1) is 0 Å². The van der Waals surface area contributed by atoms with E-state index in [2.05, 4.69) is 52.6 Å². The SMILES string of the molecule is C[C@H](NC(=S)Nc1ccc(N2CCCC[C@@H]2C)nc1)c1ccccc1. The summed E-state index contributed by atoms with van der Waals surface area (Å²) in [5.74, 6) is 1.05. The van der Waals surface area contributed by atoms with Gasteiger partial charge in [0.1, 0.15) is 5.82 Å². The van der Waals surface area contributed by atoms with Gasteiger partial charge in [0.05, 0.1) is 17.9 Å². The van der Waals surface area contributed by atoms with E-state index in [-0.39, 0.29) is 6.04 Å². The molecule has 1 fully saturated rings. The van der Waals surface area contributed by atoms with Crippen LogP contribution in [0.1, 0.15) is 44.7 Å². The second kappa shape index (κ2) is 8.30. The van der Waals surface area contributed by atoms with Crippen molar-refractivity contribution >= 4 is 28.8 Å². The fraction of sp³-hybridized carbons (Fsp3) is 0.400. The van der Waals surface area contributed by atoms with Crippen LogP contribution < -0.4 is 15.5 Å². The number of thiocarbonyl (C=S) groups is 1. The molecule has 4 nitrogen and oxygen atoms in total. The Labute approximate surface area is 155 Å². The van der Waals surface area contributed by atoms with Crippen LogP contribution in [-0.4, -0.2) is 22.7 Å². The normalized spacial score (nSPS) is 18.5. The number of nitrogens with one attached hydrogen (secondary N) is 2. The third kappa shape index (κ3) is 4.69. The van der Waals surface area contributed by atoms with Gasteiger partial charge >= 0.3 is 0 Å². The fourth-order valence-electron chi connectivity index (χ4n) is 3.26. The zero-order chi connectivity index (χ0) is 17.6. The highest BCUT2D eigenvalue weighted by atomic mass is 32.1. The van der Waals surface area contributed by atoms with Gasteiger partial charge in [-0.25, -0.2) is 4.98 Å². The summed E-state index contributed by atoms with van der Waals surface area (Å²) in [6.45, 7) is 5.47. The van der Waals surface area contributed by atoms with Crippen molar-refractivity contribution in [2.24, 2.45) is 0 Å². The number of hydrogen-bond donors (Lipinski definition) is 2. The van der Waals surface area contributed by atoms with Gasteiger partial charge in [0.2, 0.25) is 0 Å². The van der Waals surface area contributed by atoms with Crippen molar-refractivity contribution in [1.29, 1.82) is 0 Å². The molecule has 1 aromatic heterocycles. The van der Waals surface area contributed by atoms with Crippen molar-refractivity contribution in [2.45, 2.75) is 45.2 Å². The smallest absolute Gasteiger partial charge is 0.171 e. The van der Waals surface area contributed by atoms with E-state index < -0.39 is 0 Å². The molecule has 5 heteroatoms. The first-order valence-electron chi connectivity index (χ1n) is 8.98. The lowest BCUT2D eigenvalue weighted by Crippen LogP contribution is -2.38. The summed E-state index contributed by atoms with van der Waals surface area (Å²) >= 11 is 5.43. The molecule has 2 N–H and O–H groups in total. The maximum absolute atomic E-state index is 5.43. The third-order valence-corrected chi connectivity index (χ3v) is 4.97. The molecule has 1 aliphatic heterocycles. The Morgan fingerprint density at radius 2 is 2.00 bits per heavy atom. The maximum atomic E-state index is 5.43. The zero-order valence-electron chi connectivity index (χ0n) is 14.9. The van der Waals surface area contributed by atoms with Gasteiger partial charge in [0.15, 0.2) is 5.11 Å². The highest BCUT2D eigenvalue weighted by Crippen LogP contribution is 2.23. The Morgan fingerprint density at radius 1 is 1.20 bits per heavy atom. The minimum atomic E-state index is 0.155. The molecule has 2 atom stereocenters. The molecule has 0 amide bonds. The summed E-state index contributed by atoms with van der Waals surface area (Å²) < 4.78 is 0. The van der Waals surface area contributed by atoms with E-state index in [9.17, 15) is 0 Å². The first-order chi connectivity index (χ1) is 12.1. The fourth-order valence-corrected chi connectivity index (χ4v) is 3.55. The van der Waals surface area contributed by atoms with Gasteiger partial charge in [-0.2, -0.15) is 0 Å². The molecule has 25 heavy (non-hydrogen) atoms. The molecule has 0 aliphatic carbocycles. The first-order valence-corrected chi connectivity index (χ1v) is 9.39. The molecule has 1 aromatic carbocycles. The number of pyridine rings is 1. The predicted molar refractivity (Wildman–Crippen MR) is 109 cm³/mol. The van der Waals surface area contributed by atoms with E-state index in [0.717, 1.165) is 18.1 Å². The molecule has 0 spiro atoms. The highest BCUT2D eigenvalue weighted by Gasteiger charge is 2.19. The van der Waals surface area contributed by atoms with Crippen LogP contribution in [0, 0.1) is 0 Å². The molecule has 132 valence electrons. The topological polar surface area (TPSA) is 40.2 Å². The Hall–Kier alpha value is -2.14. The van der Waals surface area contributed by atoms with Crippen LogP contribution in [0.25, 0.3) is 0 Å². The van der Waals surface area contributed by atoms with Crippen LogP contribution in [0.2, 0.25) is 0 Å². The van der Waals surface area contributed by atoms with E-state index >= 15 is 0 Å². The summed E-state index contributed by atoms with van der Waals surface area (Å²) in [5.41, 5.74) is 2.12. The van der Waals surface area contributed by atoms with Crippen LogP contribution in [0.3, 0.4) is 0 Å². The lowest BCUT2D eigenvalue weighted by Gasteiger charge is -2.34. The van der Waals surface area contributed by atoms with Crippen molar-refractivity contribution in [1.82, 2.24) is 10.3 Å². The van der Waals surface area contributed by atoms with Crippen LogP contribution in [-0.2, 0) is 0 Å². The minimum Gasteiger partial charge on any atom is -0.356 e. The van der Waals surface area contributed by atoms with E-state index in [4.69, 9.17) is 12.2 Å². The summed E-state index contributed by atoms with van der Waals surface area (Å²) in [5, 5.41) is 7.14. The molecule has 0 radical (unpaired) electrons. The van der Waals surface area contributed by atoms with Crippen LogP contribution in [0.5, 0.6) is 0 Å².